The van der Waals surface area contributed by atoms with Gasteiger partial charge in [0.1, 0.15) is 0 Å². The molecule has 164 valence electrons. The van der Waals surface area contributed by atoms with E-state index in [1.165, 1.54) is 64.2 Å². The summed E-state index contributed by atoms with van der Waals surface area (Å²) in [5.41, 5.74) is 0. The molecule has 0 aromatic rings. The van der Waals surface area contributed by atoms with E-state index >= 15 is 0 Å². The summed E-state index contributed by atoms with van der Waals surface area (Å²) >= 11 is 0. The summed E-state index contributed by atoms with van der Waals surface area (Å²) < 4.78 is 24.1. The Morgan fingerprint density at radius 1 is 0.571 bits per heavy atom. The van der Waals surface area contributed by atoms with Crippen LogP contribution in [0.25, 0.3) is 0 Å². The highest BCUT2D eigenvalue weighted by molar-refractivity contribution is 4.77. The van der Waals surface area contributed by atoms with E-state index in [4.69, 9.17) is 18.9 Å². The minimum Gasteiger partial charge on any atom is -0.352 e. The van der Waals surface area contributed by atoms with Crippen LogP contribution in [-0.2, 0) is 18.9 Å². The van der Waals surface area contributed by atoms with Crippen molar-refractivity contribution in [3.63, 3.8) is 0 Å². The molecule has 3 fully saturated rings. The number of unbranched alkanes of at least 4 members (excludes halogenated alkanes) is 2. The highest BCUT2D eigenvalue weighted by Crippen LogP contribution is 2.36. The van der Waals surface area contributed by atoms with Crippen LogP contribution >= 0.6 is 0 Å². The fourth-order valence-electron chi connectivity index (χ4n) is 5.02. The molecule has 2 heterocycles. The fourth-order valence-corrected chi connectivity index (χ4v) is 5.02. The van der Waals surface area contributed by atoms with Crippen molar-refractivity contribution in [2.45, 2.75) is 103 Å². The first-order valence-corrected chi connectivity index (χ1v) is 12.2. The molecule has 2 aliphatic heterocycles. The Balaban J connectivity index is 1.25. The maximum Gasteiger partial charge on any atom is 0.160 e. The van der Waals surface area contributed by atoms with Crippen molar-refractivity contribution in [3.8, 4) is 0 Å². The van der Waals surface area contributed by atoms with Gasteiger partial charge in [-0.2, -0.15) is 0 Å². The van der Waals surface area contributed by atoms with Gasteiger partial charge in [-0.05, 0) is 50.9 Å². The molecule has 1 aliphatic carbocycles. The predicted molar refractivity (Wildman–Crippen MR) is 112 cm³/mol. The Bertz CT molecular complexity index is 391. The molecule has 0 N–H and O–H groups in total. The van der Waals surface area contributed by atoms with Crippen molar-refractivity contribution < 1.29 is 18.9 Å². The summed E-state index contributed by atoms with van der Waals surface area (Å²) in [5.74, 6) is 2.64. The lowest BCUT2D eigenvalue weighted by Crippen LogP contribution is -2.39. The standard InChI is InChI=1S/C24H44O4/c1-3-5-7-19-9-12-22(13-10-19)24-27-17-21(18-28-24)11-14-23-25-15-20(16-26-23)8-6-4-2/h19-24H,3-18H2,1-2H3. The zero-order valence-electron chi connectivity index (χ0n) is 18.4. The molecule has 0 aromatic heterocycles. The average molecular weight is 397 g/mol. The fraction of sp³-hybridized carbons (Fsp3) is 1.00. The van der Waals surface area contributed by atoms with E-state index in [9.17, 15) is 0 Å². The van der Waals surface area contributed by atoms with Gasteiger partial charge in [-0.25, -0.2) is 0 Å². The summed E-state index contributed by atoms with van der Waals surface area (Å²) in [5, 5.41) is 0. The zero-order chi connectivity index (χ0) is 19.6. The van der Waals surface area contributed by atoms with Gasteiger partial charge in [0.15, 0.2) is 12.6 Å². The number of ether oxygens (including phenoxy) is 4. The van der Waals surface area contributed by atoms with Crippen LogP contribution in [0.1, 0.15) is 90.9 Å². The van der Waals surface area contributed by atoms with Gasteiger partial charge >= 0.3 is 0 Å². The normalized spacial score (nSPS) is 37.1. The Kier molecular flexibility index (Phi) is 10.1. The SMILES string of the molecule is CCCCC1CCC(C2OCC(CCC3OCC(CCCC)CO3)CO2)CC1. The van der Waals surface area contributed by atoms with Crippen molar-refractivity contribution in [1.29, 1.82) is 0 Å². The third-order valence-electron chi connectivity index (χ3n) is 7.05. The topological polar surface area (TPSA) is 36.9 Å². The molecule has 0 aromatic carbocycles. The van der Waals surface area contributed by atoms with E-state index in [0.29, 0.717) is 17.8 Å². The summed E-state index contributed by atoms with van der Waals surface area (Å²) in [4.78, 5) is 0. The molecule has 4 heteroatoms. The van der Waals surface area contributed by atoms with Crippen molar-refractivity contribution in [2.24, 2.45) is 23.7 Å². The van der Waals surface area contributed by atoms with E-state index in [2.05, 4.69) is 13.8 Å². The van der Waals surface area contributed by atoms with Gasteiger partial charge < -0.3 is 18.9 Å². The lowest BCUT2D eigenvalue weighted by molar-refractivity contribution is -0.236. The summed E-state index contributed by atoms with van der Waals surface area (Å²) in [7, 11) is 0. The molecule has 1 saturated carbocycles. The molecular weight excluding hydrogens is 352 g/mol. The first-order valence-electron chi connectivity index (χ1n) is 12.2. The van der Waals surface area contributed by atoms with Gasteiger partial charge in [0.2, 0.25) is 0 Å². The van der Waals surface area contributed by atoms with Crippen molar-refractivity contribution in [3.05, 3.63) is 0 Å². The molecule has 0 bridgehead atoms. The van der Waals surface area contributed by atoms with E-state index in [1.807, 2.05) is 0 Å². The molecular formula is C24H44O4. The summed E-state index contributed by atoms with van der Waals surface area (Å²) in [6.45, 7) is 7.95. The summed E-state index contributed by atoms with van der Waals surface area (Å²) in [6, 6.07) is 0. The van der Waals surface area contributed by atoms with Gasteiger partial charge in [0.25, 0.3) is 0 Å². The van der Waals surface area contributed by atoms with E-state index in [1.54, 1.807) is 0 Å². The largest absolute Gasteiger partial charge is 0.352 e. The van der Waals surface area contributed by atoms with Crippen LogP contribution in [0, 0.1) is 23.7 Å². The van der Waals surface area contributed by atoms with Crippen LogP contribution in [0.15, 0.2) is 0 Å². The quantitative estimate of drug-likeness (QED) is 0.458. The molecule has 0 spiro atoms. The molecule has 3 aliphatic rings. The van der Waals surface area contributed by atoms with Crippen molar-refractivity contribution in [2.75, 3.05) is 26.4 Å². The molecule has 4 nitrogen and oxygen atoms in total. The molecule has 0 unspecified atom stereocenters. The second-order valence-corrected chi connectivity index (χ2v) is 9.51. The second kappa shape index (κ2) is 12.5. The van der Waals surface area contributed by atoms with Crippen LogP contribution in [0.2, 0.25) is 0 Å². The Hall–Kier alpha value is -0.160. The summed E-state index contributed by atoms with van der Waals surface area (Å²) in [6.07, 6.45) is 15.3. The lowest BCUT2D eigenvalue weighted by atomic mass is 9.79. The monoisotopic (exact) mass is 396 g/mol. The van der Waals surface area contributed by atoms with Crippen LogP contribution in [0.5, 0.6) is 0 Å². The van der Waals surface area contributed by atoms with E-state index in [-0.39, 0.29) is 12.6 Å². The van der Waals surface area contributed by atoms with Gasteiger partial charge in [0, 0.05) is 17.8 Å². The predicted octanol–water partition coefficient (Wildman–Crippen LogP) is 5.93. The minimum atomic E-state index is -0.0194. The molecule has 0 atom stereocenters. The molecule has 28 heavy (non-hydrogen) atoms. The van der Waals surface area contributed by atoms with Crippen LogP contribution in [-0.4, -0.2) is 39.0 Å². The molecule has 2 saturated heterocycles. The molecule has 0 amide bonds. The van der Waals surface area contributed by atoms with Crippen molar-refractivity contribution in [1.82, 2.24) is 0 Å². The highest BCUT2D eigenvalue weighted by atomic mass is 16.7. The van der Waals surface area contributed by atoms with Gasteiger partial charge in [-0.1, -0.05) is 46.0 Å². The first-order chi connectivity index (χ1) is 13.8. The van der Waals surface area contributed by atoms with Crippen molar-refractivity contribution >= 4 is 0 Å². The average Bonchev–Trinajstić information content (AvgIpc) is 2.76. The highest BCUT2D eigenvalue weighted by Gasteiger charge is 2.33. The zero-order valence-corrected chi connectivity index (χ0v) is 18.4. The molecule has 3 rings (SSSR count). The first kappa shape index (κ1) is 22.5. The van der Waals surface area contributed by atoms with Crippen LogP contribution in [0.3, 0.4) is 0 Å². The smallest absolute Gasteiger partial charge is 0.160 e. The maximum absolute atomic E-state index is 6.14. The van der Waals surface area contributed by atoms with Gasteiger partial charge in [-0.15, -0.1) is 0 Å². The Morgan fingerprint density at radius 2 is 1.11 bits per heavy atom. The Morgan fingerprint density at radius 3 is 1.71 bits per heavy atom. The lowest BCUT2D eigenvalue weighted by Gasteiger charge is -2.38. The van der Waals surface area contributed by atoms with Gasteiger partial charge in [-0.3, -0.25) is 0 Å². The third kappa shape index (κ3) is 7.27. The van der Waals surface area contributed by atoms with Gasteiger partial charge in [0.05, 0.1) is 26.4 Å². The number of hydrogen-bond donors (Lipinski definition) is 0. The second-order valence-electron chi connectivity index (χ2n) is 9.51. The number of hydrogen-bond acceptors (Lipinski definition) is 4. The van der Waals surface area contributed by atoms with E-state index < -0.39 is 0 Å². The third-order valence-corrected chi connectivity index (χ3v) is 7.05. The molecule has 0 radical (unpaired) electrons. The van der Waals surface area contributed by atoms with Crippen LogP contribution in [0.4, 0.5) is 0 Å². The van der Waals surface area contributed by atoms with Crippen LogP contribution < -0.4 is 0 Å². The maximum atomic E-state index is 6.14. The minimum absolute atomic E-state index is 0.0194. The Labute approximate surface area is 173 Å². The van der Waals surface area contributed by atoms with E-state index in [0.717, 1.165) is 45.2 Å². The number of rotatable bonds is 10.